The first-order valence-electron chi connectivity index (χ1n) is 1.00. The van der Waals surface area contributed by atoms with Crippen LogP contribution in [0.25, 0.3) is 0 Å². The first kappa shape index (κ1) is 17.1. The predicted molar refractivity (Wildman–Crippen MR) is 18.6 cm³/mol. The van der Waals surface area contributed by atoms with Gasteiger partial charge in [-0.1, -0.05) is 0 Å². The third kappa shape index (κ3) is 17.7. The van der Waals surface area contributed by atoms with E-state index in [1.807, 2.05) is 0 Å². The Hall–Kier alpha value is 1.86. The van der Waals surface area contributed by atoms with Gasteiger partial charge in [0.25, 0.3) is 0 Å². The summed E-state index contributed by atoms with van der Waals surface area (Å²) < 4.78 is 39.9. The van der Waals surface area contributed by atoms with Gasteiger partial charge in [0.05, 0.1) is 0 Å². The Morgan fingerprint density at radius 1 is 0.778 bits per heavy atom. The normalized spacial score (nSPS) is 8.22. The van der Waals surface area contributed by atoms with E-state index in [1.165, 1.54) is 0 Å². The molecule has 0 aromatic heterocycles. The molecule has 5 nitrogen and oxygen atoms in total. The van der Waals surface area contributed by atoms with Crippen molar-refractivity contribution in [2.24, 2.45) is 0 Å². The van der Waals surface area contributed by atoms with Gasteiger partial charge in [-0.25, -0.2) is 0 Å². The molecule has 0 aromatic carbocycles. The van der Waals surface area contributed by atoms with Gasteiger partial charge in [0.15, 0.2) is 0 Å². The Labute approximate surface area is 100 Å². The molecule has 0 bridgehead atoms. The van der Waals surface area contributed by atoms with E-state index in [9.17, 15) is 16.8 Å². The molecule has 0 amide bonds. The monoisotopic (exact) mass is 190 g/mol. The average molecular weight is 190 g/mol. The van der Waals surface area contributed by atoms with Crippen LogP contribution in [0, 0.1) is 0 Å². The van der Waals surface area contributed by atoms with Crippen LogP contribution in [0.15, 0.2) is 0 Å². The van der Waals surface area contributed by atoms with Crippen LogP contribution in [0.5, 0.6) is 0 Å². The molecular weight excluding hydrogens is 190 g/mol. The number of rotatable bonds is 2. The summed E-state index contributed by atoms with van der Waals surface area (Å²) in [6.07, 6.45) is 0. The molecule has 0 atom stereocenters. The van der Waals surface area contributed by atoms with Crippen LogP contribution in [-0.2, 0) is 42.4 Å². The van der Waals surface area contributed by atoms with Crippen molar-refractivity contribution in [2.45, 2.75) is 0 Å². The van der Waals surface area contributed by atoms with Gasteiger partial charge in [0.2, 0.25) is 0 Å². The van der Waals surface area contributed by atoms with Crippen molar-refractivity contribution in [1.82, 2.24) is 0 Å². The van der Waals surface area contributed by atoms with Gasteiger partial charge in [-0.05, 0) is 0 Å². The van der Waals surface area contributed by atoms with Crippen molar-refractivity contribution in [3.63, 3.8) is 0 Å². The Balaban J connectivity index is -0.000000180. The molecule has 0 saturated heterocycles. The van der Waals surface area contributed by atoms with Crippen molar-refractivity contribution < 1.29 is 79.6 Å². The van der Waals surface area contributed by atoms with Crippen molar-refractivity contribution in [3.8, 4) is 0 Å². The molecule has 44 valence electrons. The first-order valence-corrected chi connectivity index (χ1v) is 3.00. The zero-order valence-electron chi connectivity index (χ0n) is 4.86. The van der Waals surface area contributed by atoms with Gasteiger partial charge in [0.1, 0.15) is 0 Å². The molecule has 0 aliphatic heterocycles. The van der Waals surface area contributed by atoms with Crippen molar-refractivity contribution >= 4 is 22.0 Å². The summed E-state index contributed by atoms with van der Waals surface area (Å²) in [4.78, 5) is 0. The first-order chi connectivity index (χ1) is 3.13. The standard InChI is InChI=1S/2Na.O5S2/c;;1-6(2)5-7(3)4/q2*+1;-2. The van der Waals surface area contributed by atoms with Gasteiger partial charge in [0, 0.05) is 22.0 Å². The molecule has 0 saturated carbocycles. The van der Waals surface area contributed by atoms with Crippen LogP contribution in [0.1, 0.15) is 0 Å². The second-order valence-corrected chi connectivity index (χ2v) is 1.84. The summed E-state index contributed by atoms with van der Waals surface area (Å²) in [6, 6.07) is 0. The number of hydrogen-bond acceptors (Lipinski definition) is 7. The third-order valence-corrected chi connectivity index (χ3v) is 1.00. The minimum Gasteiger partial charge on any atom is -0.479 e. The van der Waals surface area contributed by atoms with Gasteiger partial charge in [-0.3, -0.25) is 0 Å². The van der Waals surface area contributed by atoms with Gasteiger partial charge in [-0.15, -0.1) is 0 Å². The molecule has 0 spiro atoms. The molecule has 0 fully saturated rings. The van der Waals surface area contributed by atoms with E-state index in [0.717, 1.165) is 0 Å². The number of hydrogen-bond donors (Lipinski definition) is 0. The Morgan fingerprint density at radius 2 is 1.00 bits per heavy atom. The van der Waals surface area contributed by atoms with E-state index >= 15 is 0 Å². The summed E-state index contributed by atoms with van der Waals surface area (Å²) in [5.74, 6) is 0. The van der Waals surface area contributed by atoms with Gasteiger partial charge < -0.3 is 20.5 Å². The molecule has 0 heterocycles. The molecular formula is Na2O5S2. The molecule has 0 N–H and O–H groups in total. The zero-order valence-corrected chi connectivity index (χ0v) is 10.5. The van der Waals surface area contributed by atoms with Crippen LogP contribution in [0.4, 0.5) is 0 Å². The topological polar surface area (TPSA) is 77.5 Å². The molecule has 9 heavy (non-hydrogen) atoms. The maximum absolute atomic E-state index is 9.19. The van der Waals surface area contributed by atoms with E-state index in [4.69, 9.17) is 0 Å². The van der Waals surface area contributed by atoms with E-state index in [-0.39, 0.29) is 59.1 Å². The maximum atomic E-state index is 9.19. The van der Waals surface area contributed by atoms with E-state index in [0.29, 0.717) is 0 Å². The maximum Gasteiger partial charge on any atom is 1.00 e. The average Bonchev–Trinajstić information content (AvgIpc) is 1.27. The molecule has 9 heteroatoms. The molecule has 0 aliphatic carbocycles. The summed E-state index contributed by atoms with van der Waals surface area (Å²) in [6.45, 7) is 0. The van der Waals surface area contributed by atoms with E-state index in [2.05, 4.69) is 3.63 Å². The summed E-state index contributed by atoms with van der Waals surface area (Å²) in [5, 5.41) is 0. The van der Waals surface area contributed by atoms with Crippen molar-refractivity contribution in [2.75, 3.05) is 0 Å². The van der Waals surface area contributed by atoms with Crippen LogP contribution in [0.2, 0.25) is 0 Å². The van der Waals surface area contributed by atoms with E-state index < -0.39 is 22.0 Å². The fourth-order valence-electron chi connectivity index (χ4n) is 0.0454. The van der Waals surface area contributed by atoms with Crippen molar-refractivity contribution in [1.29, 1.82) is 0 Å². The molecule has 0 unspecified atom stereocenters. The summed E-state index contributed by atoms with van der Waals surface area (Å²) in [7, 11) is -5.92. The van der Waals surface area contributed by atoms with E-state index in [1.54, 1.807) is 0 Å². The molecule has 0 radical (unpaired) electrons. The molecule has 0 aliphatic rings. The minimum atomic E-state index is -2.96. The summed E-state index contributed by atoms with van der Waals surface area (Å²) in [5.41, 5.74) is 0. The Bertz CT molecular complexity index is 141. The second kappa shape index (κ2) is 9.86. The van der Waals surface area contributed by atoms with Crippen LogP contribution < -0.4 is 59.1 Å². The predicted octanol–water partition coefficient (Wildman–Crippen LogP) is -6.54. The molecule has 0 aromatic rings. The van der Waals surface area contributed by atoms with Gasteiger partial charge >= 0.3 is 59.1 Å². The fourth-order valence-corrected chi connectivity index (χ4v) is 0.408. The SMILES string of the molecule is O=[S-](=O)O[S-](=O)=O.[Na+].[Na+]. The van der Waals surface area contributed by atoms with Crippen molar-refractivity contribution in [3.05, 3.63) is 0 Å². The summed E-state index contributed by atoms with van der Waals surface area (Å²) >= 11 is 0. The van der Waals surface area contributed by atoms with Crippen LogP contribution >= 0.6 is 0 Å². The second-order valence-electron chi connectivity index (χ2n) is 0.476. The third-order valence-electron chi connectivity index (χ3n) is 0.111. The van der Waals surface area contributed by atoms with Gasteiger partial charge in [-0.2, -0.15) is 0 Å². The minimum absolute atomic E-state index is 0. The largest absolute Gasteiger partial charge is 1.00 e. The zero-order chi connectivity index (χ0) is 5.86. The quantitative estimate of drug-likeness (QED) is 0.319. The Morgan fingerprint density at radius 3 is 1.00 bits per heavy atom. The van der Waals surface area contributed by atoms with Crippen LogP contribution in [-0.4, -0.2) is 0 Å². The fraction of sp³-hybridized carbons (Fsp3) is 0. The smallest absolute Gasteiger partial charge is 0.479 e. The Kier molecular flexibility index (Phi) is 18.7. The molecule has 0 rings (SSSR count). The van der Waals surface area contributed by atoms with Crippen LogP contribution in [0.3, 0.4) is 0 Å².